The SMILES string of the molecule is CN1CCN(C)C(Cc2ncc(I)c(=O)[nH]2)C1. The summed E-state index contributed by atoms with van der Waals surface area (Å²) in [6.07, 6.45) is 2.44. The van der Waals surface area contributed by atoms with Crippen molar-refractivity contribution in [1.29, 1.82) is 0 Å². The van der Waals surface area contributed by atoms with Crippen molar-refractivity contribution in [1.82, 2.24) is 19.8 Å². The first-order valence-corrected chi connectivity index (χ1v) is 6.76. The average Bonchev–Trinajstić information content (AvgIpc) is 2.29. The molecule has 1 atom stereocenters. The molecular weight excluding hydrogens is 331 g/mol. The number of likely N-dealkylation sites (N-methyl/N-ethyl adjacent to an activating group) is 2. The van der Waals surface area contributed by atoms with Gasteiger partial charge in [-0.15, -0.1) is 0 Å². The second-order valence-electron chi connectivity index (χ2n) is 4.61. The molecule has 1 N–H and O–H groups in total. The van der Waals surface area contributed by atoms with E-state index in [0.29, 0.717) is 9.61 Å². The Morgan fingerprint density at radius 3 is 3.00 bits per heavy atom. The number of nitrogens with one attached hydrogen (secondary N) is 1. The van der Waals surface area contributed by atoms with Gasteiger partial charge in [-0.3, -0.25) is 4.79 Å². The van der Waals surface area contributed by atoms with Gasteiger partial charge in [0, 0.05) is 38.3 Å². The van der Waals surface area contributed by atoms with E-state index < -0.39 is 0 Å². The normalized spacial score (nSPS) is 22.9. The number of H-pyrrole nitrogens is 1. The van der Waals surface area contributed by atoms with Crippen molar-refractivity contribution < 1.29 is 0 Å². The van der Waals surface area contributed by atoms with E-state index in [1.165, 1.54) is 0 Å². The van der Waals surface area contributed by atoms with E-state index in [2.05, 4.69) is 33.9 Å². The van der Waals surface area contributed by atoms with Gasteiger partial charge in [0.1, 0.15) is 5.82 Å². The molecule has 1 unspecified atom stereocenters. The molecule has 0 saturated carbocycles. The van der Waals surface area contributed by atoms with Crippen LogP contribution in [0.4, 0.5) is 0 Å². The Morgan fingerprint density at radius 2 is 2.29 bits per heavy atom. The molecule has 5 nitrogen and oxygen atoms in total. The topological polar surface area (TPSA) is 52.2 Å². The number of hydrogen-bond donors (Lipinski definition) is 1. The average molecular weight is 348 g/mol. The van der Waals surface area contributed by atoms with Crippen LogP contribution in [0.15, 0.2) is 11.0 Å². The summed E-state index contributed by atoms with van der Waals surface area (Å²) in [5.74, 6) is 0.780. The molecule has 1 aliphatic heterocycles. The van der Waals surface area contributed by atoms with Crippen molar-refractivity contribution in [3.63, 3.8) is 0 Å². The maximum absolute atomic E-state index is 11.5. The Kier molecular flexibility index (Phi) is 4.16. The molecule has 1 aromatic rings. The number of aromatic nitrogens is 2. The van der Waals surface area contributed by atoms with Crippen LogP contribution in [0.3, 0.4) is 0 Å². The second kappa shape index (κ2) is 5.45. The first-order valence-electron chi connectivity index (χ1n) is 5.68. The number of nitrogens with zero attached hydrogens (tertiary/aromatic N) is 3. The van der Waals surface area contributed by atoms with Crippen LogP contribution in [0.2, 0.25) is 0 Å². The van der Waals surface area contributed by atoms with Crippen LogP contribution in [0.25, 0.3) is 0 Å². The summed E-state index contributed by atoms with van der Waals surface area (Å²) >= 11 is 1.99. The minimum atomic E-state index is -0.0394. The van der Waals surface area contributed by atoms with Crippen LogP contribution < -0.4 is 5.56 Å². The zero-order valence-electron chi connectivity index (χ0n) is 10.1. The molecule has 94 valence electrons. The van der Waals surface area contributed by atoms with Crippen molar-refractivity contribution in [3.8, 4) is 0 Å². The lowest BCUT2D eigenvalue weighted by Gasteiger charge is -2.37. The molecule has 0 spiro atoms. The fraction of sp³-hybridized carbons (Fsp3) is 0.636. The van der Waals surface area contributed by atoms with Crippen LogP contribution >= 0.6 is 22.6 Å². The highest BCUT2D eigenvalue weighted by atomic mass is 127. The standard InChI is InChI=1S/C11H17IN4O/c1-15-3-4-16(2)8(7-15)5-10-13-6-9(12)11(17)14-10/h6,8H,3-5,7H2,1-2H3,(H,13,14,17). The van der Waals surface area contributed by atoms with Gasteiger partial charge < -0.3 is 14.8 Å². The number of piperazine rings is 1. The fourth-order valence-corrected chi connectivity index (χ4v) is 2.34. The van der Waals surface area contributed by atoms with E-state index in [1.54, 1.807) is 6.20 Å². The zero-order chi connectivity index (χ0) is 12.4. The monoisotopic (exact) mass is 348 g/mol. The molecule has 1 fully saturated rings. The minimum absolute atomic E-state index is 0.0394. The molecule has 2 rings (SSSR count). The Labute approximate surface area is 114 Å². The van der Waals surface area contributed by atoms with Crippen LogP contribution in [0.1, 0.15) is 5.82 Å². The lowest BCUT2D eigenvalue weighted by atomic mass is 10.1. The molecule has 1 aromatic heterocycles. The lowest BCUT2D eigenvalue weighted by molar-refractivity contribution is 0.113. The number of hydrogen-bond acceptors (Lipinski definition) is 4. The summed E-state index contributed by atoms with van der Waals surface area (Å²) in [5, 5.41) is 0. The van der Waals surface area contributed by atoms with Crippen molar-refractivity contribution in [2.45, 2.75) is 12.5 Å². The van der Waals surface area contributed by atoms with E-state index in [0.717, 1.165) is 31.9 Å². The third-order valence-corrected chi connectivity index (χ3v) is 3.99. The van der Waals surface area contributed by atoms with Gasteiger partial charge in [0.15, 0.2) is 0 Å². The van der Waals surface area contributed by atoms with Gasteiger partial charge in [0.2, 0.25) is 0 Å². The Balaban J connectivity index is 2.08. The molecule has 6 heteroatoms. The van der Waals surface area contributed by atoms with Crippen LogP contribution in [0.5, 0.6) is 0 Å². The smallest absolute Gasteiger partial charge is 0.264 e. The Morgan fingerprint density at radius 1 is 1.53 bits per heavy atom. The number of rotatable bonds is 2. The van der Waals surface area contributed by atoms with E-state index >= 15 is 0 Å². The molecule has 0 amide bonds. The number of aromatic amines is 1. The lowest BCUT2D eigenvalue weighted by Crippen LogP contribution is -2.51. The predicted molar refractivity (Wildman–Crippen MR) is 75.2 cm³/mol. The van der Waals surface area contributed by atoms with Crippen molar-refractivity contribution in [2.75, 3.05) is 33.7 Å². The Hall–Kier alpha value is -0.470. The van der Waals surface area contributed by atoms with Gasteiger partial charge in [-0.1, -0.05) is 0 Å². The van der Waals surface area contributed by atoms with Crippen molar-refractivity contribution >= 4 is 22.6 Å². The molecule has 1 aliphatic rings. The van der Waals surface area contributed by atoms with Crippen LogP contribution in [-0.4, -0.2) is 59.5 Å². The summed E-state index contributed by atoms with van der Waals surface area (Å²) in [7, 11) is 4.26. The van der Waals surface area contributed by atoms with Crippen molar-refractivity contribution in [2.24, 2.45) is 0 Å². The van der Waals surface area contributed by atoms with Crippen molar-refractivity contribution in [3.05, 3.63) is 25.9 Å². The first kappa shape index (κ1) is 13.0. The highest BCUT2D eigenvalue weighted by Gasteiger charge is 2.23. The zero-order valence-corrected chi connectivity index (χ0v) is 12.3. The third-order valence-electron chi connectivity index (χ3n) is 3.22. The highest BCUT2D eigenvalue weighted by molar-refractivity contribution is 14.1. The molecule has 2 heterocycles. The molecule has 0 bridgehead atoms. The maximum atomic E-state index is 11.5. The summed E-state index contributed by atoms with van der Waals surface area (Å²) in [5.41, 5.74) is -0.0394. The summed E-state index contributed by atoms with van der Waals surface area (Å²) in [6, 6.07) is 0.428. The van der Waals surface area contributed by atoms with Gasteiger partial charge in [-0.25, -0.2) is 4.98 Å². The minimum Gasteiger partial charge on any atom is -0.310 e. The van der Waals surface area contributed by atoms with Gasteiger partial charge >= 0.3 is 0 Å². The van der Waals surface area contributed by atoms with Gasteiger partial charge in [-0.2, -0.15) is 0 Å². The largest absolute Gasteiger partial charge is 0.310 e. The second-order valence-corrected chi connectivity index (χ2v) is 5.77. The van der Waals surface area contributed by atoms with Crippen LogP contribution in [0, 0.1) is 3.57 Å². The summed E-state index contributed by atoms with van der Waals surface area (Å²) in [4.78, 5) is 23.3. The molecular formula is C11H17IN4O. The van der Waals surface area contributed by atoms with Crippen LogP contribution in [-0.2, 0) is 6.42 Å². The van der Waals surface area contributed by atoms with E-state index in [1.807, 2.05) is 22.6 Å². The molecule has 0 aliphatic carbocycles. The number of halogens is 1. The molecule has 0 aromatic carbocycles. The summed E-state index contributed by atoms with van der Waals surface area (Å²) < 4.78 is 0.639. The molecule has 0 radical (unpaired) electrons. The quantitative estimate of drug-likeness (QED) is 0.774. The van der Waals surface area contributed by atoms with Gasteiger partial charge in [-0.05, 0) is 36.7 Å². The third kappa shape index (κ3) is 3.26. The van der Waals surface area contributed by atoms with E-state index in [9.17, 15) is 4.79 Å². The maximum Gasteiger partial charge on any atom is 0.264 e. The van der Waals surface area contributed by atoms with Gasteiger partial charge in [0.05, 0.1) is 3.57 Å². The first-order chi connectivity index (χ1) is 8.06. The van der Waals surface area contributed by atoms with Gasteiger partial charge in [0.25, 0.3) is 5.56 Å². The highest BCUT2D eigenvalue weighted by Crippen LogP contribution is 2.09. The van der Waals surface area contributed by atoms with E-state index in [4.69, 9.17) is 0 Å². The molecule has 17 heavy (non-hydrogen) atoms. The fourth-order valence-electron chi connectivity index (χ4n) is 2.07. The molecule has 1 saturated heterocycles. The summed E-state index contributed by atoms with van der Waals surface area (Å²) in [6.45, 7) is 3.19. The van der Waals surface area contributed by atoms with E-state index in [-0.39, 0.29) is 5.56 Å². The Bertz CT molecular complexity index is 447. The predicted octanol–water partition coefficient (Wildman–Crippen LogP) is 0.163.